The summed E-state index contributed by atoms with van der Waals surface area (Å²) < 4.78 is 60.2. The predicted molar refractivity (Wildman–Crippen MR) is 162 cm³/mol. The highest BCUT2D eigenvalue weighted by Crippen LogP contribution is 2.47. The van der Waals surface area contributed by atoms with Crippen molar-refractivity contribution in [1.82, 2.24) is 9.47 Å². The molecule has 1 saturated heterocycles. The summed E-state index contributed by atoms with van der Waals surface area (Å²) in [6.07, 6.45) is 0.412. The Hall–Kier alpha value is -3.73. The average molecular weight is 597 g/mol. The number of piperidine rings is 1. The summed E-state index contributed by atoms with van der Waals surface area (Å²) in [5.74, 6) is -0.0718. The lowest BCUT2D eigenvalue weighted by molar-refractivity contribution is -0.247. The van der Waals surface area contributed by atoms with Gasteiger partial charge in [0.25, 0.3) is 0 Å². The molecule has 2 heterocycles. The molecule has 3 N–H and O–H groups in total. The van der Waals surface area contributed by atoms with E-state index >= 15 is 13.2 Å². The van der Waals surface area contributed by atoms with Crippen LogP contribution in [0.3, 0.4) is 0 Å². The summed E-state index contributed by atoms with van der Waals surface area (Å²) >= 11 is 0. The molecule has 0 radical (unpaired) electrons. The maximum Gasteiger partial charge on any atom is 0.425 e. The number of aryl methyl sites for hydroxylation is 1. The number of fused-ring (bicyclic) bond motifs is 1. The van der Waals surface area contributed by atoms with Gasteiger partial charge in [-0.1, -0.05) is 24.3 Å². The Morgan fingerprint density at radius 3 is 2.40 bits per heavy atom. The van der Waals surface area contributed by atoms with Crippen molar-refractivity contribution in [3.8, 4) is 0 Å². The van der Waals surface area contributed by atoms with Crippen LogP contribution in [0, 0.1) is 11.7 Å². The zero-order valence-electron chi connectivity index (χ0n) is 24.0. The van der Waals surface area contributed by atoms with Gasteiger partial charge in [-0.2, -0.15) is 13.2 Å². The van der Waals surface area contributed by atoms with Crippen LogP contribution in [0.5, 0.6) is 0 Å². The second kappa shape index (κ2) is 12.9. The third-order valence-corrected chi connectivity index (χ3v) is 8.29. The minimum absolute atomic E-state index is 0.203. The number of hydrogen-bond acceptors (Lipinski definition) is 5. The molecule has 6 nitrogen and oxygen atoms in total. The molecule has 1 fully saturated rings. The zero-order valence-corrected chi connectivity index (χ0v) is 24.0. The zero-order chi connectivity index (χ0) is 30.6. The highest BCUT2D eigenvalue weighted by atomic mass is 19.4. The van der Waals surface area contributed by atoms with E-state index in [0.29, 0.717) is 40.3 Å². The van der Waals surface area contributed by atoms with Crippen molar-refractivity contribution in [2.45, 2.75) is 37.6 Å². The highest BCUT2D eigenvalue weighted by molar-refractivity contribution is 5.90. The van der Waals surface area contributed by atoms with Crippen molar-refractivity contribution in [1.29, 1.82) is 0 Å². The van der Waals surface area contributed by atoms with Gasteiger partial charge in [0, 0.05) is 66.0 Å². The Labute approximate surface area is 248 Å². The molecular weight excluding hydrogens is 560 g/mol. The average Bonchev–Trinajstić information content (AvgIpc) is 3.37. The van der Waals surface area contributed by atoms with Crippen molar-refractivity contribution in [3.05, 3.63) is 95.4 Å². The Kier molecular flexibility index (Phi) is 9.19. The Balaban J connectivity index is 1.48. The number of anilines is 2. The summed E-state index contributed by atoms with van der Waals surface area (Å²) in [5, 5.41) is 24.5. The first kappa shape index (κ1) is 30.7. The van der Waals surface area contributed by atoms with E-state index in [1.165, 1.54) is 61.9 Å². The number of aliphatic hydroxyl groups excluding tert-OH is 1. The number of aromatic nitrogens is 1. The summed E-state index contributed by atoms with van der Waals surface area (Å²) in [7, 11) is 1.51. The first-order chi connectivity index (χ1) is 20.6. The molecule has 0 aliphatic carbocycles. The van der Waals surface area contributed by atoms with E-state index in [-0.39, 0.29) is 17.7 Å². The molecule has 0 spiro atoms. The van der Waals surface area contributed by atoms with Crippen molar-refractivity contribution in [3.63, 3.8) is 0 Å². The van der Waals surface area contributed by atoms with Gasteiger partial charge in [0.05, 0.1) is 0 Å². The van der Waals surface area contributed by atoms with Crippen LogP contribution in [0.1, 0.15) is 36.0 Å². The number of halogens is 4. The Bertz CT molecular complexity index is 1560. The van der Waals surface area contributed by atoms with Gasteiger partial charge in [-0.15, -0.1) is 0 Å². The Morgan fingerprint density at radius 2 is 1.72 bits per heavy atom. The number of likely N-dealkylation sites (tertiary alicyclic amines) is 1. The third-order valence-electron chi connectivity index (χ3n) is 8.29. The molecule has 3 aromatic carbocycles. The molecule has 0 amide bonds. The van der Waals surface area contributed by atoms with Gasteiger partial charge in [-0.25, -0.2) is 4.39 Å². The normalized spacial score (nSPS) is 16.6. The van der Waals surface area contributed by atoms with Gasteiger partial charge in [0.15, 0.2) is 0 Å². The van der Waals surface area contributed by atoms with Crippen LogP contribution in [-0.2, 0) is 12.1 Å². The molecule has 0 saturated carbocycles. The summed E-state index contributed by atoms with van der Waals surface area (Å²) in [5.41, 5.74) is -1.92. The van der Waals surface area contributed by atoms with Gasteiger partial charge >= 0.3 is 6.18 Å². The van der Waals surface area contributed by atoms with E-state index in [4.69, 9.17) is 0 Å². The van der Waals surface area contributed by atoms with Crippen molar-refractivity contribution in [2.24, 2.45) is 10.9 Å². The van der Waals surface area contributed by atoms with Crippen LogP contribution in [0.4, 0.5) is 28.9 Å². The molecule has 5 rings (SSSR count). The second-order valence-corrected chi connectivity index (χ2v) is 11.1. The molecule has 43 heavy (non-hydrogen) atoms. The number of para-hydroxylation sites is 1. The van der Waals surface area contributed by atoms with E-state index in [1.807, 2.05) is 0 Å². The molecule has 0 bridgehead atoms. The van der Waals surface area contributed by atoms with E-state index in [1.54, 1.807) is 28.8 Å². The van der Waals surface area contributed by atoms with E-state index < -0.39 is 17.6 Å². The Morgan fingerprint density at radius 1 is 1.00 bits per heavy atom. The topological polar surface area (TPSA) is 73.0 Å². The van der Waals surface area contributed by atoms with Crippen LogP contribution in [0.25, 0.3) is 10.9 Å². The summed E-state index contributed by atoms with van der Waals surface area (Å²) in [6.45, 7) is 3.28. The molecule has 1 unspecified atom stereocenters. The fourth-order valence-corrected chi connectivity index (χ4v) is 5.89. The number of nitrogens with zero attached hydrogens (tertiary/aromatic N) is 3. The molecule has 1 atom stereocenters. The van der Waals surface area contributed by atoms with Crippen LogP contribution < -0.4 is 5.32 Å². The van der Waals surface area contributed by atoms with E-state index in [0.717, 1.165) is 38.9 Å². The van der Waals surface area contributed by atoms with E-state index in [2.05, 4.69) is 15.2 Å². The molecule has 10 heteroatoms. The number of benzene rings is 3. The highest BCUT2D eigenvalue weighted by Gasteiger charge is 2.57. The van der Waals surface area contributed by atoms with Crippen molar-refractivity contribution >= 4 is 28.5 Å². The van der Waals surface area contributed by atoms with Gasteiger partial charge in [0.1, 0.15) is 5.82 Å². The number of aliphatic imine (C=N–C) groups is 1. The molecule has 4 aromatic rings. The standard InChI is InChI=1S/C33H36F4N4O2/c1-38-20-24-19-25(7-12-30(24)39-27-10-8-26(34)9-11-27)32(43,33(35,36)37)29-21-41(31-6-3-2-5-28(29)31)16-4-15-40-17-13-23(22-42)14-18-40/h2-3,5-12,19-21,23,39,42-43H,4,13-18,22H2,1H3. The fourth-order valence-electron chi connectivity index (χ4n) is 5.89. The van der Waals surface area contributed by atoms with Gasteiger partial charge in [0.2, 0.25) is 5.60 Å². The molecule has 228 valence electrons. The molecular formula is C33H36F4N4O2. The SMILES string of the molecule is CN=Cc1cc(C(O)(c2cn(CCCN3CCC(CO)CC3)c3ccccc23)C(F)(F)F)ccc1Nc1ccc(F)cc1. The first-order valence-corrected chi connectivity index (χ1v) is 14.4. The minimum atomic E-state index is -5.04. The predicted octanol–water partition coefficient (Wildman–Crippen LogP) is 6.47. The maximum absolute atomic E-state index is 15.0. The van der Waals surface area contributed by atoms with Crippen LogP contribution in [-0.4, -0.2) is 65.4 Å². The van der Waals surface area contributed by atoms with Crippen LogP contribution in [0.2, 0.25) is 0 Å². The minimum Gasteiger partial charge on any atom is -0.396 e. The van der Waals surface area contributed by atoms with Crippen LogP contribution in [0.15, 0.2) is 77.9 Å². The molecule has 1 aromatic heterocycles. The lowest BCUT2D eigenvalue weighted by Crippen LogP contribution is -2.43. The maximum atomic E-state index is 15.0. The lowest BCUT2D eigenvalue weighted by Gasteiger charge is -2.31. The largest absolute Gasteiger partial charge is 0.425 e. The summed E-state index contributed by atoms with van der Waals surface area (Å²) in [6, 6.07) is 16.4. The quantitative estimate of drug-likeness (QED) is 0.145. The fraction of sp³-hybridized carbons (Fsp3) is 0.364. The smallest absolute Gasteiger partial charge is 0.396 e. The van der Waals surface area contributed by atoms with Gasteiger partial charge < -0.3 is 25.0 Å². The monoisotopic (exact) mass is 596 g/mol. The van der Waals surface area contributed by atoms with Gasteiger partial charge in [-0.05, 0) is 92.8 Å². The second-order valence-electron chi connectivity index (χ2n) is 11.1. The summed E-state index contributed by atoms with van der Waals surface area (Å²) in [4.78, 5) is 6.33. The third kappa shape index (κ3) is 6.46. The van der Waals surface area contributed by atoms with Crippen LogP contribution >= 0.6 is 0 Å². The van der Waals surface area contributed by atoms with Crippen molar-refractivity contribution < 1.29 is 27.8 Å². The number of aliphatic hydroxyl groups is 2. The van der Waals surface area contributed by atoms with Crippen molar-refractivity contribution in [2.75, 3.05) is 38.6 Å². The molecule has 1 aliphatic rings. The number of alkyl halides is 3. The van der Waals surface area contributed by atoms with Gasteiger partial charge in [-0.3, -0.25) is 4.99 Å². The number of nitrogens with one attached hydrogen (secondary N) is 1. The number of hydrogen-bond donors (Lipinski definition) is 3. The number of rotatable bonds is 10. The van der Waals surface area contributed by atoms with E-state index in [9.17, 15) is 14.6 Å². The first-order valence-electron chi connectivity index (χ1n) is 14.4. The lowest BCUT2D eigenvalue weighted by atomic mass is 9.84. The molecule has 1 aliphatic heterocycles.